The van der Waals surface area contributed by atoms with Crippen LogP contribution in [-0.2, 0) is 4.74 Å². The van der Waals surface area contributed by atoms with Crippen LogP contribution in [0.1, 0.15) is 46.0 Å². The monoisotopic (exact) mass is 257 g/mol. The van der Waals surface area contributed by atoms with Crippen molar-refractivity contribution in [3.63, 3.8) is 0 Å². The van der Waals surface area contributed by atoms with Gasteiger partial charge in [0, 0.05) is 18.1 Å². The molecule has 0 aromatic rings. The average molecular weight is 257 g/mol. The number of nitrogens with zero attached hydrogens (tertiary/aromatic N) is 1. The molecule has 0 aliphatic carbocycles. The Labute approximate surface area is 110 Å². The molecular weight excluding hydrogens is 230 g/mol. The maximum atomic E-state index is 8.68. The first-order valence-electron chi connectivity index (χ1n) is 6.85. The minimum atomic E-state index is -0.220. The van der Waals surface area contributed by atoms with Crippen LogP contribution in [0.3, 0.4) is 0 Å². The summed E-state index contributed by atoms with van der Waals surface area (Å²) in [4.78, 5) is 0. The summed E-state index contributed by atoms with van der Waals surface area (Å²) in [5.74, 6) is 0.316. The Morgan fingerprint density at radius 1 is 1.50 bits per heavy atom. The van der Waals surface area contributed by atoms with Gasteiger partial charge in [-0.3, -0.25) is 0 Å². The Hall–Kier alpha value is -0.810. The van der Waals surface area contributed by atoms with Gasteiger partial charge in [0.15, 0.2) is 0 Å². The number of hydrogen-bond acceptors (Lipinski definition) is 4. The Morgan fingerprint density at radius 3 is 2.89 bits per heavy atom. The summed E-state index contributed by atoms with van der Waals surface area (Å²) in [5, 5.41) is 15.3. The van der Waals surface area contributed by atoms with Gasteiger partial charge >= 0.3 is 0 Å². The van der Waals surface area contributed by atoms with Gasteiger partial charge in [-0.05, 0) is 32.2 Å². The predicted molar refractivity (Wildman–Crippen MR) is 72.9 cm³/mol. The van der Waals surface area contributed by atoms with E-state index in [1.165, 1.54) is 6.42 Å². The highest BCUT2D eigenvalue weighted by Gasteiger charge is 2.22. The lowest BCUT2D eigenvalue weighted by molar-refractivity contribution is 0.0704. The van der Waals surface area contributed by atoms with E-state index in [0.717, 1.165) is 45.4 Å². The van der Waals surface area contributed by atoms with Crippen LogP contribution >= 0.6 is 0 Å². The first kappa shape index (κ1) is 15.2. The van der Waals surface area contributed by atoms with Gasteiger partial charge in [-0.2, -0.15) is 0 Å². The SMILES string of the molecule is CC(C)(CCCCNC1CCCOC1)C(N)=NO. The zero-order chi connectivity index (χ0) is 13.4. The number of oxime groups is 1. The molecule has 1 saturated heterocycles. The van der Waals surface area contributed by atoms with Gasteiger partial charge in [0.25, 0.3) is 0 Å². The lowest BCUT2D eigenvalue weighted by atomic mass is 9.86. The highest BCUT2D eigenvalue weighted by atomic mass is 16.5. The molecule has 1 atom stereocenters. The molecule has 0 saturated carbocycles. The van der Waals surface area contributed by atoms with E-state index in [4.69, 9.17) is 15.7 Å². The maximum Gasteiger partial charge on any atom is 0.144 e. The van der Waals surface area contributed by atoms with E-state index in [9.17, 15) is 0 Å². The van der Waals surface area contributed by atoms with E-state index >= 15 is 0 Å². The smallest absolute Gasteiger partial charge is 0.144 e. The number of amidine groups is 1. The second kappa shape index (κ2) is 7.59. The topological polar surface area (TPSA) is 79.9 Å². The van der Waals surface area contributed by atoms with E-state index in [-0.39, 0.29) is 5.41 Å². The molecule has 0 spiro atoms. The third kappa shape index (κ3) is 5.23. The summed E-state index contributed by atoms with van der Waals surface area (Å²) in [6, 6.07) is 0.524. The fourth-order valence-electron chi connectivity index (χ4n) is 2.16. The van der Waals surface area contributed by atoms with Crippen molar-refractivity contribution in [1.29, 1.82) is 0 Å². The van der Waals surface area contributed by atoms with Crippen LogP contribution in [0.5, 0.6) is 0 Å². The molecule has 5 heteroatoms. The molecule has 0 bridgehead atoms. The second-order valence-electron chi connectivity index (χ2n) is 5.69. The van der Waals surface area contributed by atoms with Crippen molar-refractivity contribution in [3.8, 4) is 0 Å². The number of hydrogen-bond donors (Lipinski definition) is 3. The number of unbranched alkanes of at least 4 members (excludes halogenated alkanes) is 1. The normalized spacial score (nSPS) is 22.1. The van der Waals surface area contributed by atoms with Crippen molar-refractivity contribution in [2.24, 2.45) is 16.3 Å². The van der Waals surface area contributed by atoms with E-state index in [1.54, 1.807) is 0 Å². The zero-order valence-corrected chi connectivity index (χ0v) is 11.6. The number of ether oxygens (including phenoxy) is 1. The number of nitrogens with one attached hydrogen (secondary N) is 1. The van der Waals surface area contributed by atoms with Crippen molar-refractivity contribution in [2.75, 3.05) is 19.8 Å². The molecule has 0 radical (unpaired) electrons. The summed E-state index contributed by atoms with van der Waals surface area (Å²) >= 11 is 0. The summed E-state index contributed by atoms with van der Waals surface area (Å²) in [6.07, 6.45) is 5.50. The molecule has 0 amide bonds. The van der Waals surface area contributed by atoms with Crippen LogP contribution in [0.2, 0.25) is 0 Å². The van der Waals surface area contributed by atoms with E-state index < -0.39 is 0 Å². The Bertz CT molecular complexity index is 261. The maximum absolute atomic E-state index is 8.68. The molecule has 0 aromatic carbocycles. The third-order valence-corrected chi connectivity index (χ3v) is 3.62. The molecule has 1 rings (SSSR count). The number of nitrogens with two attached hydrogens (primary N) is 1. The van der Waals surface area contributed by atoms with Crippen LogP contribution < -0.4 is 11.1 Å². The highest BCUT2D eigenvalue weighted by Crippen LogP contribution is 2.23. The number of rotatable bonds is 7. The lowest BCUT2D eigenvalue weighted by Crippen LogP contribution is -2.37. The Kier molecular flexibility index (Phi) is 6.43. The average Bonchev–Trinajstić information content (AvgIpc) is 2.38. The molecule has 1 heterocycles. The van der Waals surface area contributed by atoms with Gasteiger partial charge < -0.3 is 21.0 Å². The van der Waals surface area contributed by atoms with Crippen molar-refractivity contribution in [3.05, 3.63) is 0 Å². The molecule has 106 valence electrons. The first-order valence-corrected chi connectivity index (χ1v) is 6.85. The molecule has 1 unspecified atom stereocenters. The summed E-state index contributed by atoms with van der Waals surface area (Å²) in [7, 11) is 0. The van der Waals surface area contributed by atoms with Crippen LogP contribution in [0.15, 0.2) is 5.16 Å². The van der Waals surface area contributed by atoms with E-state index in [1.807, 2.05) is 13.8 Å². The molecule has 18 heavy (non-hydrogen) atoms. The largest absolute Gasteiger partial charge is 0.409 e. The molecule has 1 fully saturated rings. The minimum Gasteiger partial charge on any atom is -0.409 e. The lowest BCUT2D eigenvalue weighted by Gasteiger charge is -2.24. The van der Waals surface area contributed by atoms with Crippen LogP contribution in [0, 0.1) is 5.41 Å². The minimum absolute atomic E-state index is 0.220. The molecule has 1 aliphatic heterocycles. The summed E-state index contributed by atoms with van der Waals surface area (Å²) in [5.41, 5.74) is 5.43. The standard InChI is InChI=1S/C13H27N3O2/c1-13(2,12(14)16-17)7-3-4-8-15-11-6-5-9-18-10-11/h11,15,17H,3-10H2,1-2H3,(H2,14,16). The molecule has 0 aromatic heterocycles. The van der Waals surface area contributed by atoms with Gasteiger partial charge in [-0.25, -0.2) is 0 Å². The molecular formula is C13H27N3O2. The second-order valence-corrected chi connectivity index (χ2v) is 5.69. The van der Waals surface area contributed by atoms with Gasteiger partial charge in [0.05, 0.1) is 6.61 Å². The first-order chi connectivity index (χ1) is 8.56. The van der Waals surface area contributed by atoms with Gasteiger partial charge in [-0.1, -0.05) is 25.4 Å². The van der Waals surface area contributed by atoms with Crippen molar-refractivity contribution in [2.45, 2.75) is 52.0 Å². The van der Waals surface area contributed by atoms with Crippen LogP contribution in [-0.4, -0.2) is 36.8 Å². The fourth-order valence-corrected chi connectivity index (χ4v) is 2.16. The Morgan fingerprint density at radius 2 is 2.28 bits per heavy atom. The molecule has 4 N–H and O–H groups in total. The zero-order valence-electron chi connectivity index (χ0n) is 11.6. The Balaban J connectivity index is 2.07. The van der Waals surface area contributed by atoms with Crippen molar-refractivity contribution >= 4 is 5.84 Å². The third-order valence-electron chi connectivity index (χ3n) is 3.62. The summed E-state index contributed by atoms with van der Waals surface area (Å²) in [6.45, 7) is 6.77. The van der Waals surface area contributed by atoms with Gasteiger partial charge in [0.2, 0.25) is 0 Å². The van der Waals surface area contributed by atoms with E-state index in [2.05, 4.69) is 10.5 Å². The van der Waals surface area contributed by atoms with Gasteiger partial charge in [-0.15, -0.1) is 0 Å². The summed E-state index contributed by atoms with van der Waals surface area (Å²) < 4.78 is 5.42. The quantitative estimate of drug-likeness (QED) is 0.213. The predicted octanol–water partition coefficient (Wildman–Crippen LogP) is 1.70. The van der Waals surface area contributed by atoms with Gasteiger partial charge in [0.1, 0.15) is 5.84 Å². The van der Waals surface area contributed by atoms with Crippen LogP contribution in [0.25, 0.3) is 0 Å². The fraction of sp³-hybridized carbons (Fsp3) is 0.923. The van der Waals surface area contributed by atoms with E-state index in [0.29, 0.717) is 11.9 Å². The highest BCUT2D eigenvalue weighted by molar-refractivity contribution is 5.85. The molecule has 5 nitrogen and oxygen atoms in total. The molecule has 1 aliphatic rings. The van der Waals surface area contributed by atoms with Crippen molar-refractivity contribution < 1.29 is 9.94 Å². The van der Waals surface area contributed by atoms with Crippen molar-refractivity contribution in [1.82, 2.24) is 5.32 Å². The van der Waals surface area contributed by atoms with Crippen LogP contribution in [0.4, 0.5) is 0 Å².